The van der Waals surface area contributed by atoms with Gasteiger partial charge in [0.05, 0.1) is 17.7 Å². The molecular weight excluding hydrogens is 350 g/mol. The summed E-state index contributed by atoms with van der Waals surface area (Å²) in [5, 5.41) is 12.0. The molecule has 6 heteroatoms. The van der Waals surface area contributed by atoms with Crippen molar-refractivity contribution in [1.29, 1.82) is 5.26 Å². The number of nitrogens with one attached hydrogen (secondary N) is 1. The van der Waals surface area contributed by atoms with Crippen LogP contribution in [0.25, 0.3) is 0 Å². The molecule has 0 saturated carbocycles. The van der Waals surface area contributed by atoms with Crippen molar-refractivity contribution in [3.8, 4) is 6.07 Å². The van der Waals surface area contributed by atoms with Crippen LogP contribution >= 0.6 is 0 Å². The number of likely N-dealkylation sites (tertiary alicyclic amines) is 1. The van der Waals surface area contributed by atoms with Crippen LogP contribution in [0.15, 0.2) is 48.8 Å². The van der Waals surface area contributed by atoms with E-state index in [9.17, 15) is 4.79 Å². The van der Waals surface area contributed by atoms with Crippen LogP contribution in [0.4, 0.5) is 10.5 Å². The highest BCUT2D eigenvalue weighted by atomic mass is 16.2. The Bertz CT molecular complexity index is 899. The molecule has 6 nitrogen and oxygen atoms in total. The van der Waals surface area contributed by atoms with Crippen molar-refractivity contribution in [2.75, 3.05) is 25.0 Å². The number of aromatic nitrogens is 1. The lowest BCUT2D eigenvalue weighted by atomic mass is 9.75. The van der Waals surface area contributed by atoms with Crippen molar-refractivity contribution in [3.63, 3.8) is 0 Å². The fraction of sp³-hybridized carbons (Fsp3) is 0.409. The number of nitriles is 1. The quantitative estimate of drug-likeness (QED) is 0.878. The van der Waals surface area contributed by atoms with Crippen LogP contribution < -0.4 is 5.32 Å². The molecule has 1 N–H and O–H groups in total. The maximum absolute atomic E-state index is 13.2. The topological polar surface area (TPSA) is 72.3 Å². The third kappa shape index (κ3) is 2.83. The highest BCUT2D eigenvalue weighted by Crippen LogP contribution is 2.46. The Labute approximate surface area is 164 Å². The maximum Gasteiger partial charge on any atom is 0.322 e. The van der Waals surface area contributed by atoms with Crippen LogP contribution in [0, 0.1) is 17.2 Å². The van der Waals surface area contributed by atoms with E-state index in [-0.39, 0.29) is 12.1 Å². The number of pyridine rings is 1. The monoisotopic (exact) mass is 373 g/mol. The first kappa shape index (κ1) is 17.2. The number of carbonyl (C=O) groups is 1. The molecular formula is C22H23N5O. The molecule has 2 bridgehead atoms. The van der Waals surface area contributed by atoms with Gasteiger partial charge in [0.1, 0.15) is 0 Å². The predicted octanol–water partition coefficient (Wildman–Crippen LogP) is 3.05. The van der Waals surface area contributed by atoms with E-state index in [4.69, 9.17) is 5.26 Å². The van der Waals surface area contributed by atoms with Gasteiger partial charge in [-0.2, -0.15) is 5.26 Å². The van der Waals surface area contributed by atoms with Crippen LogP contribution in [0.5, 0.6) is 0 Å². The minimum Gasteiger partial charge on any atom is -0.319 e. The van der Waals surface area contributed by atoms with Gasteiger partial charge in [0.25, 0.3) is 0 Å². The molecule has 2 amide bonds. The fourth-order valence-electron chi connectivity index (χ4n) is 5.37. The summed E-state index contributed by atoms with van der Waals surface area (Å²) in [5.74, 6) is 0.872. The zero-order valence-corrected chi connectivity index (χ0v) is 15.7. The number of piperidine rings is 3. The van der Waals surface area contributed by atoms with Crippen molar-refractivity contribution in [2.45, 2.75) is 30.8 Å². The summed E-state index contributed by atoms with van der Waals surface area (Å²) in [6.45, 7) is 2.98. The van der Waals surface area contributed by atoms with Crippen molar-refractivity contribution in [1.82, 2.24) is 14.8 Å². The Morgan fingerprint density at radius 1 is 1.14 bits per heavy atom. The molecule has 6 rings (SSSR count). The third-order valence-corrected chi connectivity index (χ3v) is 6.63. The van der Waals surface area contributed by atoms with E-state index < -0.39 is 0 Å². The molecule has 0 spiro atoms. The number of hydrogen-bond acceptors (Lipinski definition) is 4. The Kier molecular flexibility index (Phi) is 4.25. The van der Waals surface area contributed by atoms with E-state index in [1.807, 2.05) is 12.3 Å². The normalized spacial score (nSPS) is 30.5. The van der Waals surface area contributed by atoms with Crippen LogP contribution in [-0.2, 0) is 0 Å². The molecule has 28 heavy (non-hydrogen) atoms. The van der Waals surface area contributed by atoms with E-state index >= 15 is 0 Å². The molecule has 4 aliphatic heterocycles. The number of nitrogens with zero attached hydrogens (tertiary/aromatic N) is 4. The Morgan fingerprint density at radius 2 is 1.93 bits per heavy atom. The number of carbonyl (C=O) groups excluding carboxylic acids is 1. The first-order valence-corrected chi connectivity index (χ1v) is 9.96. The van der Waals surface area contributed by atoms with Gasteiger partial charge in [0.2, 0.25) is 0 Å². The minimum atomic E-state index is -0.0418. The fourth-order valence-corrected chi connectivity index (χ4v) is 5.37. The number of urea groups is 1. The van der Waals surface area contributed by atoms with Gasteiger partial charge in [-0.15, -0.1) is 0 Å². The first-order valence-electron chi connectivity index (χ1n) is 9.96. The zero-order valence-electron chi connectivity index (χ0n) is 15.7. The Balaban J connectivity index is 1.42. The number of amides is 2. The summed E-state index contributed by atoms with van der Waals surface area (Å²) in [5.41, 5.74) is 2.54. The zero-order chi connectivity index (χ0) is 19.1. The summed E-state index contributed by atoms with van der Waals surface area (Å²) in [6.07, 6.45) is 6.09. The molecule has 4 aliphatic rings. The SMILES string of the molecule is N#Cc1ccc(NC(=O)N2CC(c3cccnc3)C3C2C2CCN3CC2)cc1. The third-order valence-electron chi connectivity index (χ3n) is 6.63. The first-order chi connectivity index (χ1) is 13.7. The Hall–Kier alpha value is -2.91. The van der Waals surface area contributed by atoms with Gasteiger partial charge in [-0.3, -0.25) is 9.88 Å². The smallest absolute Gasteiger partial charge is 0.319 e. The molecule has 4 saturated heterocycles. The lowest BCUT2D eigenvalue weighted by Crippen LogP contribution is -2.61. The lowest BCUT2D eigenvalue weighted by molar-refractivity contribution is 0.00493. The van der Waals surface area contributed by atoms with E-state index in [0.29, 0.717) is 23.4 Å². The van der Waals surface area contributed by atoms with E-state index in [2.05, 4.69) is 32.2 Å². The van der Waals surface area contributed by atoms with Gasteiger partial charge in [-0.1, -0.05) is 6.07 Å². The maximum atomic E-state index is 13.2. The van der Waals surface area contributed by atoms with Gasteiger partial charge in [-0.25, -0.2) is 4.79 Å². The van der Waals surface area contributed by atoms with Gasteiger partial charge in [-0.05, 0) is 67.7 Å². The summed E-state index contributed by atoms with van der Waals surface area (Å²) >= 11 is 0. The van der Waals surface area contributed by atoms with Crippen molar-refractivity contribution >= 4 is 11.7 Å². The minimum absolute atomic E-state index is 0.0418. The standard InChI is InChI=1S/C22H23N5O/c23-12-15-3-5-18(6-4-15)25-22(28)27-14-19(17-2-1-9-24-13-17)21-20(27)16-7-10-26(21)11-8-16/h1-6,9,13,16,19-21H,7-8,10-11,14H2,(H,25,28). The molecule has 3 unspecified atom stereocenters. The number of anilines is 1. The van der Waals surface area contributed by atoms with Crippen molar-refractivity contribution in [3.05, 3.63) is 59.9 Å². The second-order valence-electron chi connectivity index (χ2n) is 8.02. The second kappa shape index (κ2) is 6.92. The van der Waals surface area contributed by atoms with Gasteiger partial charge in [0.15, 0.2) is 0 Å². The second-order valence-corrected chi connectivity index (χ2v) is 8.02. The van der Waals surface area contributed by atoms with E-state index in [1.54, 1.807) is 30.5 Å². The number of hydrogen-bond donors (Lipinski definition) is 1. The summed E-state index contributed by atoms with van der Waals surface area (Å²) in [4.78, 5) is 22.1. The molecule has 1 aromatic carbocycles. The highest BCUT2D eigenvalue weighted by Gasteiger charge is 2.54. The molecule has 0 radical (unpaired) electrons. The molecule has 2 aromatic rings. The predicted molar refractivity (Wildman–Crippen MR) is 106 cm³/mol. The van der Waals surface area contributed by atoms with Crippen LogP contribution in [-0.4, -0.2) is 52.5 Å². The Morgan fingerprint density at radius 3 is 2.61 bits per heavy atom. The molecule has 1 aromatic heterocycles. The molecule has 5 heterocycles. The molecule has 0 aliphatic carbocycles. The van der Waals surface area contributed by atoms with Gasteiger partial charge < -0.3 is 10.2 Å². The molecule has 3 atom stereocenters. The number of fused-ring (bicyclic) bond motifs is 2. The van der Waals surface area contributed by atoms with Crippen molar-refractivity contribution < 1.29 is 4.79 Å². The summed E-state index contributed by atoms with van der Waals surface area (Å²) in [7, 11) is 0. The van der Waals surface area contributed by atoms with Crippen molar-refractivity contribution in [2.24, 2.45) is 5.92 Å². The van der Waals surface area contributed by atoms with Crippen LogP contribution in [0.2, 0.25) is 0 Å². The summed E-state index contributed by atoms with van der Waals surface area (Å²) < 4.78 is 0. The van der Waals surface area contributed by atoms with E-state index in [0.717, 1.165) is 25.3 Å². The number of rotatable bonds is 2. The van der Waals surface area contributed by atoms with Crippen LogP contribution in [0.3, 0.4) is 0 Å². The highest BCUT2D eigenvalue weighted by molar-refractivity contribution is 5.90. The van der Waals surface area contributed by atoms with E-state index in [1.165, 1.54) is 18.4 Å². The van der Waals surface area contributed by atoms with Gasteiger partial charge in [0, 0.05) is 36.6 Å². The average molecular weight is 373 g/mol. The lowest BCUT2D eigenvalue weighted by Gasteiger charge is -2.51. The number of benzene rings is 1. The van der Waals surface area contributed by atoms with Crippen LogP contribution in [0.1, 0.15) is 29.9 Å². The molecule has 4 fully saturated rings. The summed E-state index contributed by atoms with van der Waals surface area (Å²) in [6, 6.07) is 13.9. The molecule has 142 valence electrons. The average Bonchev–Trinajstić information content (AvgIpc) is 3.19. The largest absolute Gasteiger partial charge is 0.322 e. The van der Waals surface area contributed by atoms with Gasteiger partial charge >= 0.3 is 6.03 Å².